The molecule has 0 bridgehead atoms. The molecule has 0 aliphatic rings. The molecule has 0 saturated carbocycles. The maximum atomic E-state index is 11.9. The third-order valence-corrected chi connectivity index (χ3v) is 5.34. The van der Waals surface area contributed by atoms with Crippen molar-refractivity contribution >= 4 is 29.1 Å². The highest BCUT2D eigenvalue weighted by Gasteiger charge is 2.08. The van der Waals surface area contributed by atoms with Crippen LogP contribution in [0.2, 0.25) is 0 Å². The fourth-order valence-electron chi connectivity index (χ4n) is 2.09. The van der Waals surface area contributed by atoms with Gasteiger partial charge in [0.05, 0.1) is 17.8 Å². The van der Waals surface area contributed by atoms with E-state index in [1.54, 1.807) is 18.0 Å². The Morgan fingerprint density at radius 3 is 2.80 bits per heavy atom. The topological polar surface area (TPSA) is 52.1 Å². The number of benzene rings is 1. The van der Waals surface area contributed by atoms with Gasteiger partial charge in [-0.1, -0.05) is 23.8 Å². The van der Waals surface area contributed by atoms with Gasteiger partial charge in [0.25, 0.3) is 0 Å². The van der Waals surface area contributed by atoms with E-state index in [1.807, 2.05) is 23.6 Å². The normalized spacial score (nSPS) is 10.6. The molecule has 0 fully saturated rings. The molecular weight excluding hydrogens is 352 g/mol. The maximum Gasteiger partial charge on any atom is 0.307 e. The minimum absolute atomic E-state index is 0.202. The molecule has 0 amide bonds. The molecule has 0 unspecified atom stereocenters. The first kappa shape index (κ1) is 17.6. The summed E-state index contributed by atoms with van der Waals surface area (Å²) in [4.78, 5) is 21.8. The second-order valence-corrected chi connectivity index (χ2v) is 7.46. The molecule has 0 aliphatic carbocycles. The minimum Gasteiger partial charge on any atom is -0.459 e. The fraction of sp³-hybridized carbons (Fsp3) is 0.211. The van der Waals surface area contributed by atoms with Crippen LogP contribution in [0.4, 0.5) is 0 Å². The van der Waals surface area contributed by atoms with Crippen LogP contribution in [0.3, 0.4) is 0 Å². The number of carbonyl (C=O) groups excluding carboxylic acids is 1. The Labute approximate surface area is 155 Å². The highest BCUT2D eigenvalue weighted by Crippen LogP contribution is 2.22. The average molecular weight is 370 g/mol. The zero-order valence-corrected chi connectivity index (χ0v) is 15.5. The summed E-state index contributed by atoms with van der Waals surface area (Å²) in [6, 6.07) is 14.0. The summed E-state index contributed by atoms with van der Waals surface area (Å²) in [5, 5.41) is 2.74. The Morgan fingerprint density at radius 2 is 2.04 bits per heavy atom. The predicted molar refractivity (Wildman–Crippen MR) is 102 cm³/mol. The van der Waals surface area contributed by atoms with Crippen molar-refractivity contribution < 1.29 is 9.53 Å². The lowest BCUT2D eigenvalue weighted by molar-refractivity contribution is -0.144. The molecule has 0 spiro atoms. The molecule has 25 heavy (non-hydrogen) atoms. The zero-order chi connectivity index (χ0) is 17.5. The van der Waals surface area contributed by atoms with Crippen LogP contribution in [-0.4, -0.2) is 21.7 Å². The summed E-state index contributed by atoms with van der Waals surface area (Å²) in [6.07, 6.45) is 2.12. The van der Waals surface area contributed by atoms with E-state index >= 15 is 0 Å². The molecule has 0 radical (unpaired) electrons. The van der Waals surface area contributed by atoms with Crippen LogP contribution < -0.4 is 0 Å². The Balaban J connectivity index is 1.42. The van der Waals surface area contributed by atoms with Crippen LogP contribution >= 0.6 is 23.1 Å². The summed E-state index contributed by atoms with van der Waals surface area (Å²) in [5.41, 5.74) is 2.82. The van der Waals surface area contributed by atoms with Crippen LogP contribution in [0.25, 0.3) is 10.7 Å². The van der Waals surface area contributed by atoms with E-state index in [0.717, 1.165) is 21.3 Å². The van der Waals surface area contributed by atoms with Crippen molar-refractivity contribution in [1.82, 2.24) is 9.97 Å². The predicted octanol–water partition coefficient (Wildman–Crippen LogP) is 4.74. The quantitative estimate of drug-likeness (QED) is 0.444. The van der Waals surface area contributed by atoms with Crippen LogP contribution in [0, 0.1) is 6.92 Å². The molecule has 2 aromatic heterocycles. The Hall–Kier alpha value is -2.18. The molecule has 128 valence electrons. The SMILES string of the molecule is Cc1ccc(SCCC(=O)OCc2csc(-c3ccccn3)n2)cc1. The van der Waals surface area contributed by atoms with E-state index in [0.29, 0.717) is 12.2 Å². The number of esters is 1. The molecule has 6 heteroatoms. The highest BCUT2D eigenvalue weighted by atomic mass is 32.2. The van der Waals surface area contributed by atoms with Gasteiger partial charge in [0.15, 0.2) is 0 Å². The number of ether oxygens (including phenoxy) is 1. The molecule has 0 N–H and O–H groups in total. The maximum absolute atomic E-state index is 11.9. The number of nitrogens with zero attached hydrogens (tertiary/aromatic N) is 2. The number of aromatic nitrogens is 2. The van der Waals surface area contributed by atoms with E-state index < -0.39 is 0 Å². The molecule has 0 saturated heterocycles. The molecular formula is C19H18N2O2S2. The van der Waals surface area contributed by atoms with Gasteiger partial charge >= 0.3 is 5.97 Å². The van der Waals surface area contributed by atoms with Crippen molar-refractivity contribution in [2.24, 2.45) is 0 Å². The Kier molecular flexibility index (Phi) is 6.19. The molecule has 2 heterocycles. The minimum atomic E-state index is -0.202. The van der Waals surface area contributed by atoms with Crippen LogP contribution in [0.15, 0.2) is 58.9 Å². The zero-order valence-electron chi connectivity index (χ0n) is 13.8. The standard InChI is InChI=1S/C19H18N2O2S2/c1-14-5-7-16(8-6-14)24-11-9-18(22)23-12-15-13-25-19(21-15)17-4-2-3-10-20-17/h2-8,10,13H,9,11-12H2,1H3. The number of thioether (sulfide) groups is 1. The number of thiazole rings is 1. The lowest BCUT2D eigenvalue weighted by Gasteiger charge is -2.04. The first-order valence-electron chi connectivity index (χ1n) is 7.91. The van der Waals surface area contributed by atoms with E-state index in [4.69, 9.17) is 4.74 Å². The number of rotatable bonds is 7. The van der Waals surface area contributed by atoms with Gasteiger partial charge in [0.1, 0.15) is 11.6 Å². The number of carbonyl (C=O) groups is 1. The number of pyridine rings is 1. The van der Waals surface area contributed by atoms with Crippen molar-refractivity contribution in [2.45, 2.75) is 24.8 Å². The monoisotopic (exact) mass is 370 g/mol. The molecule has 1 aromatic carbocycles. The van der Waals surface area contributed by atoms with Gasteiger partial charge in [0.2, 0.25) is 0 Å². The second-order valence-electron chi connectivity index (χ2n) is 5.43. The van der Waals surface area contributed by atoms with Crippen molar-refractivity contribution in [2.75, 3.05) is 5.75 Å². The van der Waals surface area contributed by atoms with Crippen molar-refractivity contribution in [3.05, 3.63) is 65.3 Å². The Morgan fingerprint density at radius 1 is 1.20 bits per heavy atom. The first-order chi connectivity index (χ1) is 12.2. The van der Waals surface area contributed by atoms with Crippen LogP contribution in [-0.2, 0) is 16.1 Å². The summed E-state index contributed by atoms with van der Waals surface area (Å²) in [7, 11) is 0. The summed E-state index contributed by atoms with van der Waals surface area (Å²) in [5.74, 6) is 0.505. The first-order valence-corrected chi connectivity index (χ1v) is 9.78. The van der Waals surface area contributed by atoms with E-state index in [-0.39, 0.29) is 12.6 Å². The molecule has 0 aliphatic heterocycles. The molecule has 4 nitrogen and oxygen atoms in total. The smallest absolute Gasteiger partial charge is 0.307 e. The van der Waals surface area contributed by atoms with Gasteiger partial charge in [-0.2, -0.15) is 0 Å². The number of hydrogen-bond acceptors (Lipinski definition) is 6. The third-order valence-electron chi connectivity index (χ3n) is 3.41. The molecule has 3 rings (SSSR count). The average Bonchev–Trinajstić information content (AvgIpc) is 3.11. The van der Waals surface area contributed by atoms with E-state index in [1.165, 1.54) is 16.9 Å². The molecule has 3 aromatic rings. The number of hydrogen-bond donors (Lipinski definition) is 0. The van der Waals surface area contributed by atoms with Crippen LogP contribution in [0.1, 0.15) is 17.7 Å². The fourth-order valence-corrected chi connectivity index (χ4v) is 3.71. The summed E-state index contributed by atoms with van der Waals surface area (Å²) in [6.45, 7) is 2.26. The van der Waals surface area contributed by atoms with Crippen molar-refractivity contribution in [3.63, 3.8) is 0 Å². The van der Waals surface area contributed by atoms with Gasteiger partial charge in [-0.05, 0) is 31.2 Å². The van der Waals surface area contributed by atoms with Gasteiger partial charge in [-0.15, -0.1) is 23.1 Å². The van der Waals surface area contributed by atoms with Crippen molar-refractivity contribution in [3.8, 4) is 10.7 Å². The van der Waals surface area contributed by atoms with E-state index in [9.17, 15) is 4.79 Å². The van der Waals surface area contributed by atoms with Gasteiger partial charge in [-0.25, -0.2) is 4.98 Å². The van der Waals surface area contributed by atoms with E-state index in [2.05, 4.69) is 41.2 Å². The lowest BCUT2D eigenvalue weighted by atomic mass is 10.2. The van der Waals surface area contributed by atoms with Gasteiger partial charge in [-0.3, -0.25) is 9.78 Å². The largest absolute Gasteiger partial charge is 0.459 e. The van der Waals surface area contributed by atoms with Gasteiger partial charge in [0, 0.05) is 22.2 Å². The summed E-state index contributed by atoms with van der Waals surface area (Å²) >= 11 is 3.16. The molecule has 0 atom stereocenters. The highest BCUT2D eigenvalue weighted by molar-refractivity contribution is 7.99. The lowest BCUT2D eigenvalue weighted by Crippen LogP contribution is -2.05. The van der Waals surface area contributed by atoms with Crippen molar-refractivity contribution in [1.29, 1.82) is 0 Å². The Bertz CT molecular complexity index is 817. The third kappa shape index (κ3) is 5.41. The van der Waals surface area contributed by atoms with Crippen LogP contribution in [0.5, 0.6) is 0 Å². The number of aryl methyl sites for hydroxylation is 1. The summed E-state index contributed by atoms with van der Waals surface area (Å²) < 4.78 is 5.31. The second kappa shape index (κ2) is 8.78. The van der Waals surface area contributed by atoms with Gasteiger partial charge < -0.3 is 4.74 Å².